The summed E-state index contributed by atoms with van der Waals surface area (Å²) < 4.78 is 23.5. The normalized spacial score (nSPS) is 13.1. The molecule has 1 aromatic rings. The highest BCUT2D eigenvalue weighted by Crippen LogP contribution is 2.11. The second kappa shape index (κ2) is 6.01. The SMILES string of the molecule is CC(CS(C)(=O)=O)N(C)C(=O)c1ccc(I)cc1. The molecule has 1 atom stereocenters. The molecule has 0 aliphatic rings. The van der Waals surface area contributed by atoms with Crippen molar-refractivity contribution in [3.05, 3.63) is 33.4 Å². The minimum absolute atomic E-state index is 0.0282. The van der Waals surface area contributed by atoms with Gasteiger partial charge in [-0.1, -0.05) is 0 Å². The zero-order valence-electron chi connectivity index (χ0n) is 10.6. The van der Waals surface area contributed by atoms with Crippen molar-refractivity contribution in [3.8, 4) is 0 Å². The Bertz CT molecular complexity index is 525. The standard InChI is InChI=1S/C12H16INO3S/c1-9(8-18(3,16)17)14(2)12(15)10-4-6-11(13)7-5-10/h4-7,9H,8H2,1-3H3. The smallest absolute Gasteiger partial charge is 0.253 e. The quantitative estimate of drug-likeness (QED) is 0.748. The minimum Gasteiger partial charge on any atom is -0.338 e. The van der Waals surface area contributed by atoms with Crippen LogP contribution >= 0.6 is 22.6 Å². The zero-order valence-corrected chi connectivity index (χ0v) is 13.5. The summed E-state index contributed by atoms with van der Waals surface area (Å²) in [4.78, 5) is 13.6. The van der Waals surface area contributed by atoms with Crippen LogP contribution in [0.4, 0.5) is 0 Å². The molecule has 0 bridgehead atoms. The maximum Gasteiger partial charge on any atom is 0.253 e. The summed E-state index contributed by atoms with van der Waals surface area (Å²) in [6.45, 7) is 1.73. The average molecular weight is 381 g/mol. The number of carbonyl (C=O) groups excluding carboxylic acids is 1. The molecule has 18 heavy (non-hydrogen) atoms. The number of amides is 1. The van der Waals surface area contributed by atoms with Gasteiger partial charge in [-0.05, 0) is 53.8 Å². The van der Waals surface area contributed by atoms with Gasteiger partial charge in [0.05, 0.1) is 5.75 Å². The molecule has 0 N–H and O–H groups in total. The van der Waals surface area contributed by atoms with E-state index in [1.807, 2.05) is 12.1 Å². The van der Waals surface area contributed by atoms with E-state index in [0.29, 0.717) is 5.56 Å². The molecule has 0 aliphatic carbocycles. The van der Waals surface area contributed by atoms with Gasteiger partial charge >= 0.3 is 0 Å². The lowest BCUT2D eigenvalue weighted by Gasteiger charge is -2.24. The first-order chi connectivity index (χ1) is 8.20. The fraction of sp³-hybridized carbons (Fsp3) is 0.417. The minimum atomic E-state index is -3.09. The summed E-state index contributed by atoms with van der Waals surface area (Å²) in [5.41, 5.74) is 0.568. The van der Waals surface area contributed by atoms with Crippen molar-refractivity contribution in [2.24, 2.45) is 0 Å². The van der Waals surface area contributed by atoms with Crippen LogP contribution < -0.4 is 0 Å². The van der Waals surface area contributed by atoms with Crippen LogP contribution in [0.1, 0.15) is 17.3 Å². The van der Waals surface area contributed by atoms with E-state index in [2.05, 4.69) is 22.6 Å². The lowest BCUT2D eigenvalue weighted by molar-refractivity contribution is 0.0757. The molecule has 100 valence electrons. The molecule has 4 nitrogen and oxygen atoms in total. The van der Waals surface area contributed by atoms with Crippen LogP contribution in [0.2, 0.25) is 0 Å². The van der Waals surface area contributed by atoms with Crippen molar-refractivity contribution in [2.75, 3.05) is 19.1 Å². The Labute approximate surface area is 121 Å². The fourth-order valence-electron chi connectivity index (χ4n) is 1.55. The Morgan fingerprint density at radius 1 is 1.33 bits per heavy atom. The average Bonchev–Trinajstić information content (AvgIpc) is 2.26. The van der Waals surface area contributed by atoms with Crippen LogP contribution in [0, 0.1) is 3.57 Å². The van der Waals surface area contributed by atoms with Crippen molar-refractivity contribution in [2.45, 2.75) is 13.0 Å². The first-order valence-electron chi connectivity index (χ1n) is 5.41. The number of nitrogens with zero attached hydrogens (tertiary/aromatic N) is 1. The van der Waals surface area contributed by atoms with Crippen LogP contribution in [-0.4, -0.2) is 44.3 Å². The third-order valence-electron chi connectivity index (χ3n) is 2.62. The highest BCUT2D eigenvalue weighted by Gasteiger charge is 2.20. The molecular weight excluding hydrogens is 365 g/mol. The van der Waals surface area contributed by atoms with Crippen LogP contribution in [-0.2, 0) is 9.84 Å². The molecule has 0 heterocycles. The van der Waals surface area contributed by atoms with Crippen molar-refractivity contribution in [1.82, 2.24) is 4.90 Å². The van der Waals surface area contributed by atoms with E-state index in [0.717, 1.165) is 3.57 Å². The monoisotopic (exact) mass is 381 g/mol. The Morgan fingerprint density at radius 3 is 2.28 bits per heavy atom. The molecule has 0 aromatic heterocycles. The van der Waals surface area contributed by atoms with Gasteiger partial charge in [-0.15, -0.1) is 0 Å². The third-order valence-corrected chi connectivity index (χ3v) is 4.42. The maximum absolute atomic E-state index is 12.1. The van der Waals surface area contributed by atoms with E-state index >= 15 is 0 Å². The molecule has 1 aromatic carbocycles. The number of hydrogen-bond donors (Lipinski definition) is 0. The maximum atomic E-state index is 12.1. The van der Waals surface area contributed by atoms with Crippen molar-refractivity contribution < 1.29 is 13.2 Å². The van der Waals surface area contributed by atoms with E-state index in [1.54, 1.807) is 26.1 Å². The van der Waals surface area contributed by atoms with Crippen LogP contribution in [0.15, 0.2) is 24.3 Å². The zero-order chi connectivity index (χ0) is 13.9. The lowest BCUT2D eigenvalue weighted by Crippen LogP contribution is -2.39. The highest BCUT2D eigenvalue weighted by molar-refractivity contribution is 14.1. The van der Waals surface area contributed by atoms with Crippen molar-refractivity contribution in [3.63, 3.8) is 0 Å². The Balaban J connectivity index is 2.81. The Kier molecular flexibility index (Phi) is 5.15. The van der Waals surface area contributed by atoms with Gasteiger partial charge in [0.25, 0.3) is 5.91 Å². The van der Waals surface area contributed by atoms with E-state index in [9.17, 15) is 13.2 Å². The first-order valence-corrected chi connectivity index (χ1v) is 8.55. The highest BCUT2D eigenvalue weighted by atomic mass is 127. The molecule has 0 fully saturated rings. The first kappa shape index (κ1) is 15.4. The summed E-state index contributed by atoms with van der Waals surface area (Å²) in [7, 11) is -1.46. The molecule has 1 unspecified atom stereocenters. The number of sulfone groups is 1. The predicted octanol–water partition coefficient (Wildman–Crippen LogP) is 1.80. The van der Waals surface area contributed by atoms with Crippen LogP contribution in [0.3, 0.4) is 0 Å². The number of halogens is 1. The van der Waals surface area contributed by atoms with Gasteiger partial charge in [0.15, 0.2) is 0 Å². The summed E-state index contributed by atoms with van der Waals surface area (Å²) in [5.74, 6) is -0.192. The van der Waals surface area contributed by atoms with Gasteiger partial charge in [-0.3, -0.25) is 4.79 Å². The predicted molar refractivity (Wildman–Crippen MR) is 80.4 cm³/mol. The number of benzene rings is 1. The Morgan fingerprint density at radius 2 is 1.83 bits per heavy atom. The molecule has 0 aliphatic heterocycles. The van der Waals surface area contributed by atoms with Crippen LogP contribution in [0.25, 0.3) is 0 Å². The molecule has 1 rings (SSSR count). The van der Waals surface area contributed by atoms with Gasteiger partial charge in [0.2, 0.25) is 0 Å². The number of carbonyl (C=O) groups is 1. The third kappa shape index (κ3) is 4.56. The molecule has 0 spiro atoms. The van der Waals surface area contributed by atoms with E-state index in [1.165, 1.54) is 11.2 Å². The summed E-state index contributed by atoms with van der Waals surface area (Å²) >= 11 is 2.16. The van der Waals surface area contributed by atoms with Gasteiger partial charge < -0.3 is 4.90 Å². The summed E-state index contributed by atoms with van der Waals surface area (Å²) in [6.07, 6.45) is 1.17. The van der Waals surface area contributed by atoms with Gasteiger partial charge in [-0.25, -0.2) is 8.42 Å². The summed E-state index contributed by atoms with van der Waals surface area (Å²) in [5, 5.41) is 0. The van der Waals surface area contributed by atoms with Crippen molar-refractivity contribution in [1.29, 1.82) is 0 Å². The molecule has 6 heteroatoms. The second-order valence-corrected chi connectivity index (χ2v) is 7.79. The van der Waals surface area contributed by atoms with Gasteiger partial charge in [0, 0.05) is 28.5 Å². The van der Waals surface area contributed by atoms with E-state index < -0.39 is 9.84 Å². The van der Waals surface area contributed by atoms with E-state index in [-0.39, 0.29) is 17.7 Å². The molecular formula is C12H16INO3S. The van der Waals surface area contributed by atoms with E-state index in [4.69, 9.17) is 0 Å². The number of rotatable bonds is 4. The molecule has 0 saturated carbocycles. The van der Waals surface area contributed by atoms with Crippen molar-refractivity contribution >= 4 is 38.3 Å². The lowest BCUT2D eigenvalue weighted by atomic mass is 10.2. The fourth-order valence-corrected chi connectivity index (χ4v) is 3.01. The number of hydrogen-bond acceptors (Lipinski definition) is 3. The topological polar surface area (TPSA) is 54.5 Å². The Hall–Kier alpha value is -0.630. The molecule has 0 radical (unpaired) electrons. The van der Waals surface area contributed by atoms with Crippen LogP contribution in [0.5, 0.6) is 0 Å². The second-order valence-electron chi connectivity index (χ2n) is 4.36. The molecule has 0 saturated heterocycles. The largest absolute Gasteiger partial charge is 0.338 e. The van der Waals surface area contributed by atoms with Gasteiger partial charge in [0.1, 0.15) is 9.84 Å². The molecule has 1 amide bonds. The summed E-state index contributed by atoms with van der Waals surface area (Å²) in [6, 6.07) is 6.85. The van der Waals surface area contributed by atoms with Gasteiger partial charge in [-0.2, -0.15) is 0 Å².